The van der Waals surface area contributed by atoms with E-state index in [1.807, 2.05) is 11.5 Å². The molecule has 0 atom stereocenters. The predicted octanol–water partition coefficient (Wildman–Crippen LogP) is 1.06. The average molecular weight is 322 g/mol. The molecule has 0 spiro atoms. The van der Waals surface area contributed by atoms with Gasteiger partial charge in [0.1, 0.15) is 17.7 Å². The molecule has 0 radical (unpaired) electrons. The molecule has 118 valence electrons. The monoisotopic (exact) mass is 322 g/mol. The molecule has 0 saturated carbocycles. The molecule has 0 bridgehead atoms. The van der Waals surface area contributed by atoms with Crippen molar-refractivity contribution >= 4 is 10.0 Å². The first-order chi connectivity index (χ1) is 10.5. The first kappa shape index (κ1) is 15.0. The Bertz CT molecular complexity index is 752. The maximum Gasteiger partial charge on any atom is 0.262 e. The van der Waals surface area contributed by atoms with Crippen molar-refractivity contribution in [3.05, 3.63) is 36.5 Å². The maximum atomic E-state index is 12.5. The van der Waals surface area contributed by atoms with Gasteiger partial charge in [-0.2, -0.15) is 4.31 Å². The number of hydrogen-bond acceptors (Lipinski definition) is 5. The molecule has 22 heavy (non-hydrogen) atoms. The fourth-order valence-corrected chi connectivity index (χ4v) is 3.83. The van der Waals surface area contributed by atoms with Gasteiger partial charge in [0.25, 0.3) is 10.0 Å². The number of pyridine rings is 1. The molecule has 1 aliphatic heterocycles. The molecule has 0 unspecified atom stereocenters. The Balaban J connectivity index is 1.66. The Morgan fingerprint density at radius 2 is 2.00 bits per heavy atom. The summed E-state index contributed by atoms with van der Waals surface area (Å²) in [6.07, 6.45) is 4.74. The lowest BCUT2D eigenvalue weighted by Gasteiger charge is -2.37. The van der Waals surface area contributed by atoms with E-state index in [-0.39, 0.29) is 11.1 Å². The molecule has 7 nitrogen and oxygen atoms in total. The molecule has 0 amide bonds. The molecule has 2 aromatic heterocycles. The number of hydrogen-bond donors (Lipinski definition) is 0. The molecule has 0 N–H and O–H groups in total. The van der Waals surface area contributed by atoms with Gasteiger partial charge in [0.05, 0.1) is 13.1 Å². The van der Waals surface area contributed by atoms with Crippen molar-refractivity contribution in [1.82, 2.24) is 18.8 Å². The minimum atomic E-state index is -3.53. The van der Waals surface area contributed by atoms with Gasteiger partial charge in [0, 0.05) is 25.1 Å². The van der Waals surface area contributed by atoms with Gasteiger partial charge in [-0.1, -0.05) is 0 Å². The lowest BCUT2D eigenvalue weighted by molar-refractivity contribution is 0.0759. The van der Waals surface area contributed by atoms with E-state index in [1.165, 1.54) is 4.31 Å². The van der Waals surface area contributed by atoms with E-state index < -0.39 is 10.0 Å². The standard InChI is InChI=1S/C14H18N4O3S/c1-3-17-10-14(16-11(17)2)22(19,20)18-8-13(9-18)21-12-4-6-15-7-5-12/h4-7,10,13H,3,8-9H2,1-2H3. The van der Waals surface area contributed by atoms with Crippen LogP contribution in [0.1, 0.15) is 12.7 Å². The van der Waals surface area contributed by atoms with E-state index in [2.05, 4.69) is 9.97 Å². The van der Waals surface area contributed by atoms with Crippen LogP contribution in [0.25, 0.3) is 0 Å². The van der Waals surface area contributed by atoms with Crippen molar-refractivity contribution in [3.63, 3.8) is 0 Å². The first-order valence-electron chi connectivity index (χ1n) is 7.11. The third-order valence-corrected chi connectivity index (χ3v) is 5.37. The fraction of sp³-hybridized carbons (Fsp3) is 0.429. The molecular formula is C14H18N4O3S. The van der Waals surface area contributed by atoms with Crippen molar-refractivity contribution in [3.8, 4) is 5.75 Å². The highest BCUT2D eigenvalue weighted by Crippen LogP contribution is 2.24. The van der Waals surface area contributed by atoms with Crippen LogP contribution in [0.3, 0.4) is 0 Å². The summed E-state index contributed by atoms with van der Waals surface area (Å²) in [6.45, 7) is 5.12. The quantitative estimate of drug-likeness (QED) is 0.822. The van der Waals surface area contributed by atoms with Crippen LogP contribution in [0.15, 0.2) is 35.7 Å². The summed E-state index contributed by atoms with van der Waals surface area (Å²) < 4.78 is 33.9. The molecule has 1 aliphatic rings. The van der Waals surface area contributed by atoms with Crippen molar-refractivity contribution < 1.29 is 13.2 Å². The zero-order valence-electron chi connectivity index (χ0n) is 12.5. The van der Waals surface area contributed by atoms with E-state index in [1.54, 1.807) is 37.6 Å². The Morgan fingerprint density at radius 1 is 1.32 bits per heavy atom. The second kappa shape index (κ2) is 5.69. The van der Waals surface area contributed by atoms with Crippen molar-refractivity contribution in [2.24, 2.45) is 0 Å². The average Bonchev–Trinajstić information content (AvgIpc) is 2.85. The summed E-state index contributed by atoms with van der Waals surface area (Å²) >= 11 is 0. The minimum Gasteiger partial charge on any atom is -0.488 e. The summed E-state index contributed by atoms with van der Waals surface area (Å²) in [7, 11) is -3.53. The van der Waals surface area contributed by atoms with Gasteiger partial charge in [0.2, 0.25) is 0 Å². The van der Waals surface area contributed by atoms with Crippen LogP contribution in [-0.4, -0.2) is 46.5 Å². The van der Waals surface area contributed by atoms with E-state index >= 15 is 0 Å². The smallest absolute Gasteiger partial charge is 0.262 e. The fourth-order valence-electron chi connectivity index (χ4n) is 2.34. The van der Waals surface area contributed by atoms with E-state index in [0.717, 1.165) is 0 Å². The zero-order chi connectivity index (χ0) is 15.7. The van der Waals surface area contributed by atoms with Gasteiger partial charge in [-0.05, 0) is 26.0 Å². The highest BCUT2D eigenvalue weighted by molar-refractivity contribution is 7.89. The molecule has 1 saturated heterocycles. The molecule has 1 fully saturated rings. The molecule has 3 rings (SSSR count). The second-order valence-corrected chi connectivity index (χ2v) is 7.04. The van der Waals surface area contributed by atoms with E-state index in [9.17, 15) is 8.42 Å². The van der Waals surface area contributed by atoms with Gasteiger partial charge in [0.15, 0.2) is 5.03 Å². The highest BCUT2D eigenvalue weighted by atomic mass is 32.2. The zero-order valence-corrected chi connectivity index (χ0v) is 13.3. The molecule has 0 aliphatic carbocycles. The maximum absolute atomic E-state index is 12.5. The Hall–Kier alpha value is -1.93. The van der Waals surface area contributed by atoms with Crippen LogP contribution in [0.4, 0.5) is 0 Å². The number of sulfonamides is 1. The van der Waals surface area contributed by atoms with Crippen LogP contribution >= 0.6 is 0 Å². The summed E-state index contributed by atoms with van der Waals surface area (Å²) in [5, 5.41) is 0.106. The number of aryl methyl sites for hydroxylation is 2. The number of ether oxygens (including phenoxy) is 1. The Kier molecular flexibility index (Phi) is 3.88. The first-order valence-corrected chi connectivity index (χ1v) is 8.55. The Morgan fingerprint density at radius 3 is 2.59 bits per heavy atom. The molecule has 2 aromatic rings. The number of aromatic nitrogens is 3. The van der Waals surface area contributed by atoms with Gasteiger partial charge >= 0.3 is 0 Å². The Labute approximate surface area is 129 Å². The van der Waals surface area contributed by atoms with Crippen LogP contribution < -0.4 is 4.74 Å². The number of nitrogens with zero attached hydrogens (tertiary/aromatic N) is 4. The molecule has 0 aromatic carbocycles. The van der Waals surface area contributed by atoms with Crippen LogP contribution in [0.5, 0.6) is 5.75 Å². The second-order valence-electron chi connectivity index (χ2n) is 5.16. The highest BCUT2D eigenvalue weighted by Gasteiger charge is 2.39. The number of rotatable bonds is 5. The summed E-state index contributed by atoms with van der Waals surface area (Å²) in [5.41, 5.74) is 0. The summed E-state index contributed by atoms with van der Waals surface area (Å²) in [5.74, 6) is 1.40. The SMILES string of the molecule is CCn1cc(S(=O)(=O)N2CC(Oc3ccncc3)C2)nc1C. The largest absolute Gasteiger partial charge is 0.488 e. The molecule has 3 heterocycles. The normalized spacial score (nSPS) is 16.5. The molecule has 8 heteroatoms. The van der Waals surface area contributed by atoms with E-state index in [4.69, 9.17) is 4.74 Å². The third kappa shape index (κ3) is 2.71. The van der Waals surface area contributed by atoms with Gasteiger partial charge in [-0.25, -0.2) is 13.4 Å². The topological polar surface area (TPSA) is 77.3 Å². The van der Waals surface area contributed by atoms with Gasteiger partial charge in [-0.3, -0.25) is 4.98 Å². The van der Waals surface area contributed by atoms with Crippen molar-refractivity contribution in [2.75, 3.05) is 13.1 Å². The lowest BCUT2D eigenvalue weighted by Crippen LogP contribution is -2.56. The van der Waals surface area contributed by atoms with Crippen molar-refractivity contribution in [1.29, 1.82) is 0 Å². The van der Waals surface area contributed by atoms with Crippen molar-refractivity contribution in [2.45, 2.75) is 31.5 Å². The number of imidazole rings is 1. The summed E-state index contributed by atoms with van der Waals surface area (Å²) in [6, 6.07) is 3.51. The third-order valence-electron chi connectivity index (χ3n) is 3.67. The summed E-state index contributed by atoms with van der Waals surface area (Å²) in [4.78, 5) is 8.06. The molecular weight excluding hydrogens is 304 g/mol. The lowest BCUT2D eigenvalue weighted by atomic mass is 10.2. The van der Waals surface area contributed by atoms with Crippen LogP contribution in [0, 0.1) is 6.92 Å². The predicted molar refractivity (Wildman–Crippen MR) is 80.0 cm³/mol. The van der Waals surface area contributed by atoms with Crippen LogP contribution in [-0.2, 0) is 16.6 Å². The van der Waals surface area contributed by atoms with Gasteiger partial charge < -0.3 is 9.30 Å². The van der Waals surface area contributed by atoms with E-state index in [0.29, 0.717) is 31.2 Å². The van der Waals surface area contributed by atoms with Gasteiger partial charge in [-0.15, -0.1) is 0 Å². The van der Waals surface area contributed by atoms with Crippen LogP contribution in [0.2, 0.25) is 0 Å². The minimum absolute atomic E-state index is 0.106.